The molecule has 2 heteroatoms. The number of nitrogens with zero attached hydrogens (tertiary/aromatic N) is 2. The molecule has 0 fully saturated rings. The van der Waals surface area contributed by atoms with Gasteiger partial charge in [-0.05, 0) is 80.9 Å². The molecule has 0 spiro atoms. The van der Waals surface area contributed by atoms with Crippen LogP contribution in [0, 0.1) is 11.3 Å². The van der Waals surface area contributed by atoms with Crippen LogP contribution in [0.4, 0.5) is 0 Å². The van der Waals surface area contributed by atoms with E-state index in [9.17, 15) is 5.26 Å². The molecule has 3 aliphatic carbocycles. The lowest BCUT2D eigenvalue weighted by molar-refractivity contribution is 0.753. The van der Waals surface area contributed by atoms with Gasteiger partial charge in [-0.1, -0.05) is 97.1 Å². The summed E-state index contributed by atoms with van der Waals surface area (Å²) in [4.78, 5) is 0. The summed E-state index contributed by atoms with van der Waals surface area (Å²) in [6, 6.07) is 50.6. The fraction of sp³-hybridized carbons (Fsp3) is 0.0513. The van der Waals surface area contributed by atoms with Crippen molar-refractivity contribution in [3.8, 4) is 22.9 Å². The monoisotopic (exact) mass is 520 g/mol. The zero-order chi connectivity index (χ0) is 27.1. The largest absolute Gasteiger partial charge is 0.309 e. The molecular weight excluding hydrogens is 496 g/mol. The number of para-hydroxylation sites is 2. The van der Waals surface area contributed by atoms with E-state index in [1.54, 1.807) is 0 Å². The van der Waals surface area contributed by atoms with Gasteiger partial charge in [-0.2, -0.15) is 5.26 Å². The van der Waals surface area contributed by atoms with Gasteiger partial charge in [0.05, 0.1) is 22.7 Å². The van der Waals surface area contributed by atoms with E-state index in [1.165, 1.54) is 66.3 Å². The lowest BCUT2D eigenvalue weighted by atomic mass is 9.59. The first-order valence-electron chi connectivity index (χ1n) is 14.2. The van der Waals surface area contributed by atoms with Crippen molar-refractivity contribution in [3.63, 3.8) is 0 Å². The van der Waals surface area contributed by atoms with E-state index in [0.717, 1.165) is 11.3 Å². The molecule has 41 heavy (non-hydrogen) atoms. The maximum absolute atomic E-state index is 10.3. The molecule has 0 unspecified atom stereocenters. The van der Waals surface area contributed by atoms with Crippen LogP contribution in [-0.2, 0) is 0 Å². The highest BCUT2D eigenvalue weighted by Crippen LogP contribution is 2.58. The number of hydrogen-bond acceptors (Lipinski definition) is 1. The lowest BCUT2D eigenvalue weighted by Crippen LogP contribution is -2.29. The number of benzene rings is 6. The first-order valence-corrected chi connectivity index (χ1v) is 14.2. The van der Waals surface area contributed by atoms with E-state index >= 15 is 0 Å². The lowest BCUT2D eigenvalue weighted by Gasteiger charge is -2.43. The van der Waals surface area contributed by atoms with Crippen LogP contribution in [0.5, 0.6) is 0 Å². The van der Waals surface area contributed by atoms with E-state index in [2.05, 4.69) is 138 Å². The van der Waals surface area contributed by atoms with Gasteiger partial charge in [0.2, 0.25) is 0 Å². The van der Waals surface area contributed by atoms with Gasteiger partial charge in [-0.25, -0.2) is 0 Å². The summed E-state index contributed by atoms with van der Waals surface area (Å²) in [5, 5.41) is 12.8. The second kappa shape index (κ2) is 8.31. The Kier molecular flexibility index (Phi) is 4.54. The normalized spacial score (nSPS) is 16.3. The van der Waals surface area contributed by atoms with Crippen LogP contribution < -0.4 is 0 Å². The van der Waals surface area contributed by atoms with Crippen LogP contribution in [0.25, 0.3) is 38.6 Å². The molecule has 0 N–H and O–H groups in total. The van der Waals surface area contributed by atoms with Crippen LogP contribution in [0.1, 0.15) is 50.8 Å². The average molecular weight is 521 g/mol. The van der Waals surface area contributed by atoms with Gasteiger partial charge >= 0.3 is 0 Å². The summed E-state index contributed by atoms with van der Waals surface area (Å²) in [5.74, 6) is 0.174. The predicted octanol–water partition coefficient (Wildman–Crippen LogP) is 9.31. The topological polar surface area (TPSA) is 28.7 Å². The molecule has 0 atom stereocenters. The number of hydrogen-bond donors (Lipinski definition) is 0. The van der Waals surface area contributed by atoms with Gasteiger partial charge in [0, 0.05) is 28.3 Å². The quantitative estimate of drug-likeness (QED) is 0.223. The van der Waals surface area contributed by atoms with Crippen molar-refractivity contribution in [2.24, 2.45) is 0 Å². The van der Waals surface area contributed by atoms with E-state index in [4.69, 9.17) is 0 Å². The van der Waals surface area contributed by atoms with Crippen LogP contribution in [-0.4, -0.2) is 4.57 Å². The highest BCUT2D eigenvalue weighted by molar-refractivity contribution is 6.10. The highest BCUT2D eigenvalue weighted by Gasteiger charge is 2.43. The molecule has 190 valence electrons. The van der Waals surface area contributed by atoms with Gasteiger partial charge in [0.15, 0.2) is 0 Å². The Hall–Kier alpha value is -5.39. The van der Waals surface area contributed by atoms with Crippen molar-refractivity contribution in [3.05, 3.63) is 172 Å². The summed E-state index contributed by atoms with van der Waals surface area (Å²) >= 11 is 0. The molecule has 7 aromatic rings. The third-order valence-corrected chi connectivity index (χ3v) is 9.22. The molecule has 10 rings (SSSR count). The molecule has 0 aliphatic heterocycles. The molecule has 1 aromatic heterocycles. The van der Waals surface area contributed by atoms with Gasteiger partial charge in [-0.3, -0.25) is 0 Å². The van der Waals surface area contributed by atoms with Crippen molar-refractivity contribution in [1.82, 2.24) is 4.57 Å². The van der Waals surface area contributed by atoms with Gasteiger partial charge in [-0.15, -0.1) is 0 Å². The molecule has 3 aliphatic rings. The van der Waals surface area contributed by atoms with Crippen LogP contribution in [0.15, 0.2) is 133 Å². The summed E-state index contributed by atoms with van der Waals surface area (Å²) in [6.45, 7) is 0. The number of rotatable bonds is 2. The zero-order valence-corrected chi connectivity index (χ0v) is 22.3. The third-order valence-electron chi connectivity index (χ3n) is 9.22. The second-order valence-corrected chi connectivity index (χ2v) is 11.1. The Bertz CT molecular complexity index is 2180. The summed E-state index contributed by atoms with van der Waals surface area (Å²) in [6.07, 6.45) is 0. The summed E-state index contributed by atoms with van der Waals surface area (Å²) < 4.78 is 2.36. The minimum absolute atomic E-state index is 0.0701. The first kappa shape index (κ1) is 22.4. The Balaban J connectivity index is 1.34. The number of aromatic nitrogens is 1. The molecule has 0 saturated heterocycles. The van der Waals surface area contributed by atoms with E-state index < -0.39 is 0 Å². The van der Waals surface area contributed by atoms with E-state index in [-0.39, 0.29) is 11.8 Å². The van der Waals surface area contributed by atoms with Gasteiger partial charge < -0.3 is 4.57 Å². The van der Waals surface area contributed by atoms with Crippen molar-refractivity contribution in [2.75, 3.05) is 0 Å². The number of nitriles is 1. The Labute approximate surface area is 238 Å². The zero-order valence-electron chi connectivity index (χ0n) is 22.3. The first-order chi connectivity index (χ1) is 20.3. The summed E-state index contributed by atoms with van der Waals surface area (Å²) in [7, 11) is 0. The molecule has 0 radical (unpaired) electrons. The van der Waals surface area contributed by atoms with Gasteiger partial charge in [0.1, 0.15) is 0 Å². The minimum Gasteiger partial charge on any atom is -0.309 e. The molecule has 0 amide bonds. The molecular formula is C39H24N2. The maximum atomic E-state index is 10.3. The Morgan fingerprint density at radius 2 is 1.10 bits per heavy atom. The summed E-state index contributed by atoms with van der Waals surface area (Å²) in [5.41, 5.74) is 14.6. The van der Waals surface area contributed by atoms with Crippen molar-refractivity contribution < 1.29 is 0 Å². The van der Waals surface area contributed by atoms with Crippen LogP contribution >= 0.6 is 0 Å². The molecule has 0 saturated carbocycles. The van der Waals surface area contributed by atoms with Crippen molar-refractivity contribution in [1.29, 1.82) is 5.26 Å². The fourth-order valence-corrected chi connectivity index (χ4v) is 7.63. The van der Waals surface area contributed by atoms with Gasteiger partial charge in [0.25, 0.3) is 0 Å². The Morgan fingerprint density at radius 3 is 1.78 bits per heavy atom. The van der Waals surface area contributed by atoms with Crippen molar-refractivity contribution in [2.45, 2.75) is 11.8 Å². The molecule has 6 aromatic carbocycles. The minimum atomic E-state index is 0.0701. The second-order valence-electron chi connectivity index (χ2n) is 11.1. The molecule has 1 heterocycles. The SMILES string of the molecule is N#Cc1ccc(-c2ccc3c(c2)c2ccccc2n3-c2ccccc2)c2c1C1c3ccccc3C2c2ccccc21. The third kappa shape index (κ3) is 2.95. The molecule has 2 nitrogen and oxygen atoms in total. The molecule has 2 bridgehead atoms. The van der Waals surface area contributed by atoms with E-state index in [0.29, 0.717) is 0 Å². The van der Waals surface area contributed by atoms with Crippen molar-refractivity contribution >= 4 is 21.8 Å². The smallest absolute Gasteiger partial charge is 0.0994 e. The predicted molar refractivity (Wildman–Crippen MR) is 166 cm³/mol. The maximum Gasteiger partial charge on any atom is 0.0994 e. The standard InChI is InChI=1S/C39H24N2/c40-23-25-18-20-27(39-36(25)37-29-13-4-6-15-31(29)38(39)32-16-7-5-14-30(32)37)24-19-21-35-33(22-24)28-12-8-9-17-34(28)41(35)26-10-2-1-3-11-26/h1-22,37-38H. The highest BCUT2D eigenvalue weighted by atomic mass is 15.0. The van der Waals surface area contributed by atoms with Crippen LogP contribution in [0.3, 0.4) is 0 Å². The van der Waals surface area contributed by atoms with Crippen LogP contribution in [0.2, 0.25) is 0 Å². The number of fused-ring (bicyclic) bond motifs is 3. The Morgan fingerprint density at radius 1 is 0.512 bits per heavy atom. The van der Waals surface area contributed by atoms with E-state index in [1.807, 2.05) is 6.07 Å². The fourth-order valence-electron chi connectivity index (χ4n) is 7.63. The average Bonchev–Trinajstić information content (AvgIpc) is 3.38.